The lowest BCUT2D eigenvalue weighted by Gasteiger charge is -2.20. The molecule has 0 radical (unpaired) electrons. The summed E-state index contributed by atoms with van der Waals surface area (Å²) in [7, 11) is -3.88. The van der Waals surface area contributed by atoms with Crippen LogP contribution in [0.1, 0.15) is 30.1 Å². The van der Waals surface area contributed by atoms with Crippen LogP contribution in [0.25, 0.3) is 0 Å². The van der Waals surface area contributed by atoms with Gasteiger partial charge in [-0.2, -0.15) is 0 Å². The predicted molar refractivity (Wildman–Crippen MR) is 95.3 cm³/mol. The third-order valence-electron chi connectivity index (χ3n) is 4.06. The number of nitrogens with zero attached hydrogens (tertiary/aromatic N) is 1. The van der Waals surface area contributed by atoms with Gasteiger partial charge in [-0.05, 0) is 37.6 Å². The third-order valence-corrected chi connectivity index (χ3v) is 5.43. The normalized spacial score (nSPS) is 14.6. The van der Waals surface area contributed by atoms with Gasteiger partial charge in [-0.15, -0.1) is 0 Å². The van der Waals surface area contributed by atoms with Gasteiger partial charge in [0.15, 0.2) is 5.78 Å². The van der Waals surface area contributed by atoms with E-state index in [2.05, 4.69) is 4.72 Å². The second-order valence-corrected chi connectivity index (χ2v) is 7.54. The van der Waals surface area contributed by atoms with Crippen molar-refractivity contribution in [1.29, 1.82) is 0 Å². The number of carbonyl (C=O) groups is 2. The number of hydrogen-bond acceptors (Lipinski definition) is 4. The number of nitrogens with one attached hydrogen (secondary N) is 1. The SMILES string of the molecule is CC(=O)c1cccc(S(=O)(=O)Nc2ccccc2N2CCCC2=O)c1. The van der Waals surface area contributed by atoms with Gasteiger partial charge in [0.2, 0.25) is 5.91 Å². The molecule has 1 amide bonds. The molecule has 0 saturated carbocycles. The highest BCUT2D eigenvalue weighted by molar-refractivity contribution is 7.92. The molecule has 1 fully saturated rings. The molecular weight excluding hydrogens is 340 g/mol. The average molecular weight is 358 g/mol. The Bertz CT molecular complexity index is 938. The molecule has 0 spiro atoms. The van der Waals surface area contributed by atoms with E-state index in [4.69, 9.17) is 0 Å². The Labute approximate surface area is 146 Å². The molecule has 2 aromatic carbocycles. The fourth-order valence-electron chi connectivity index (χ4n) is 2.78. The highest BCUT2D eigenvalue weighted by Crippen LogP contribution is 2.31. The largest absolute Gasteiger partial charge is 0.310 e. The monoisotopic (exact) mass is 358 g/mol. The Morgan fingerprint density at radius 2 is 1.88 bits per heavy atom. The van der Waals surface area contributed by atoms with Crippen molar-refractivity contribution in [3.8, 4) is 0 Å². The van der Waals surface area contributed by atoms with Gasteiger partial charge in [0.05, 0.1) is 16.3 Å². The summed E-state index contributed by atoms with van der Waals surface area (Å²) in [5.74, 6) is -0.231. The van der Waals surface area contributed by atoms with Crippen molar-refractivity contribution in [2.24, 2.45) is 0 Å². The van der Waals surface area contributed by atoms with Crippen LogP contribution in [0, 0.1) is 0 Å². The van der Waals surface area contributed by atoms with Crippen molar-refractivity contribution in [2.75, 3.05) is 16.2 Å². The minimum Gasteiger partial charge on any atom is -0.310 e. The van der Waals surface area contributed by atoms with E-state index >= 15 is 0 Å². The van der Waals surface area contributed by atoms with E-state index in [0.717, 1.165) is 6.42 Å². The Hall–Kier alpha value is -2.67. The molecule has 6 nitrogen and oxygen atoms in total. The highest BCUT2D eigenvalue weighted by Gasteiger charge is 2.25. The van der Waals surface area contributed by atoms with E-state index in [-0.39, 0.29) is 16.6 Å². The number of hydrogen-bond donors (Lipinski definition) is 1. The van der Waals surface area contributed by atoms with Crippen LogP contribution in [0.5, 0.6) is 0 Å². The average Bonchev–Trinajstić information content (AvgIpc) is 3.01. The Morgan fingerprint density at radius 1 is 1.12 bits per heavy atom. The lowest BCUT2D eigenvalue weighted by molar-refractivity contribution is -0.117. The summed E-state index contributed by atoms with van der Waals surface area (Å²) in [5.41, 5.74) is 1.20. The smallest absolute Gasteiger partial charge is 0.261 e. The number of ketones is 1. The summed E-state index contributed by atoms with van der Waals surface area (Å²) in [5, 5.41) is 0. The first-order valence-corrected chi connectivity index (χ1v) is 9.40. The molecule has 1 saturated heterocycles. The van der Waals surface area contributed by atoms with Crippen LogP contribution >= 0.6 is 0 Å². The number of rotatable bonds is 5. The van der Waals surface area contributed by atoms with Crippen molar-refractivity contribution < 1.29 is 18.0 Å². The number of carbonyl (C=O) groups excluding carboxylic acids is 2. The maximum absolute atomic E-state index is 12.7. The summed E-state index contributed by atoms with van der Waals surface area (Å²) in [6.07, 6.45) is 1.21. The van der Waals surface area contributed by atoms with Gasteiger partial charge < -0.3 is 4.90 Å². The second kappa shape index (κ2) is 6.68. The summed E-state index contributed by atoms with van der Waals surface area (Å²) in [6.45, 7) is 1.95. The Kier molecular flexibility index (Phi) is 4.59. The van der Waals surface area contributed by atoms with E-state index in [1.54, 1.807) is 35.2 Å². The van der Waals surface area contributed by atoms with E-state index in [1.165, 1.54) is 25.1 Å². The zero-order valence-electron chi connectivity index (χ0n) is 13.7. The Balaban J connectivity index is 1.96. The van der Waals surface area contributed by atoms with Crippen molar-refractivity contribution >= 4 is 33.1 Å². The summed E-state index contributed by atoms with van der Waals surface area (Å²) in [4.78, 5) is 25.1. The van der Waals surface area contributed by atoms with Crippen LogP contribution in [0.3, 0.4) is 0 Å². The summed E-state index contributed by atoms with van der Waals surface area (Å²) < 4.78 is 27.9. The molecule has 0 aliphatic carbocycles. The van der Waals surface area contributed by atoms with Gasteiger partial charge >= 0.3 is 0 Å². The molecule has 2 aromatic rings. The second-order valence-electron chi connectivity index (χ2n) is 5.86. The lowest BCUT2D eigenvalue weighted by atomic mass is 10.2. The number of benzene rings is 2. The van der Waals surface area contributed by atoms with E-state index in [9.17, 15) is 18.0 Å². The van der Waals surface area contributed by atoms with Gasteiger partial charge in [-0.25, -0.2) is 8.42 Å². The van der Waals surface area contributed by atoms with Crippen LogP contribution in [0.15, 0.2) is 53.4 Å². The van der Waals surface area contributed by atoms with Crippen LogP contribution < -0.4 is 9.62 Å². The first-order valence-electron chi connectivity index (χ1n) is 7.92. The molecule has 3 rings (SSSR count). The molecule has 1 aliphatic rings. The minimum atomic E-state index is -3.88. The molecule has 1 N–H and O–H groups in total. The number of anilines is 2. The molecule has 1 aliphatic heterocycles. The van der Waals surface area contributed by atoms with Gasteiger partial charge in [-0.3, -0.25) is 14.3 Å². The van der Waals surface area contributed by atoms with Crippen LogP contribution in [-0.2, 0) is 14.8 Å². The van der Waals surface area contributed by atoms with Crippen LogP contribution in [-0.4, -0.2) is 26.7 Å². The third kappa shape index (κ3) is 3.56. The minimum absolute atomic E-state index is 0.00255. The zero-order valence-corrected chi connectivity index (χ0v) is 14.5. The van der Waals surface area contributed by atoms with E-state index in [1.807, 2.05) is 0 Å². The topological polar surface area (TPSA) is 83.6 Å². The molecule has 0 atom stereocenters. The number of para-hydroxylation sites is 2. The zero-order chi connectivity index (χ0) is 18.0. The van der Waals surface area contributed by atoms with Gasteiger partial charge in [0.1, 0.15) is 0 Å². The van der Waals surface area contributed by atoms with Crippen LogP contribution in [0.4, 0.5) is 11.4 Å². The van der Waals surface area contributed by atoms with E-state index in [0.29, 0.717) is 29.9 Å². The van der Waals surface area contributed by atoms with Crippen molar-refractivity contribution in [3.63, 3.8) is 0 Å². The lowest BCUT2D eigenvalue weighted by Crippen LogP contribution is -2.25. The molecule has 25 heavy (non-hydrogen) atoms. The summed E-state index contributed by atoms with van der Waals surface area (Å²) in [6, 6.07) is 12.7. The standard InChI is InChI=1S/C18H18N2O4S/c1-13(21)14-6-4-7-15(12-14)25(23,24)19-16-8-2-3-9-17(16)20-11-5-10-18(20)22/h2-4,6-9,12,19H,5,10-11H2,1H3. The Morgan fingerprint density at radius 3 is 2.56 bits per heavy atom. The van der Waals surface area contributed by atoms with Crippen molar-refractivity contribution in [1.82, 2.24) is 0 Å². The maximum Gasteiger partial charge on any atom is 0.261 e. The molecule has 0 bridgehead atoms. The fourth-order valence-corrected chi connectivity index (χ4v) is 3.90. The summed E-state index contributed by atoms with van der Waals surface area (Å²) >= 11 is 0. The van der Waals surface area contributed by atoms with Crippen LogP contribution in [0.2, 0.25) is 0 Å². The van der Waals surface area contributed by atoms with Gasteiger partial charge in [0.25, 0.3) is 10.0 Å². The maximum atomic E-state index is 12.7. The van der Waals surface area contributed by atoms with E-state index < -0.39 is 10.0 Å². The number of amides is 1. The number of sulfonamides is 1. The highest BCUT2D eigenvalue weighted by atomic mass is 32.2. The first kappa shape index (κ1) is 17.2. The van der Waals surface area contributed by atoms with Crippen molar-refractivity contribution in [2.45, 2.75) is 24.7 Å². The van der Waals surface area contributed by atoms with Crippen molar-refractivity contribution in [3.05, 3.63) is 54.1 Å². The first-order chi connectivity index (χ1) is 11.9. The molecule has 7 heteroatoms. The number of Topliss-reactive ketones (excluding diaryl/α,β-unsaturated/α-hetero) is 1. The molecule has 0 aromatic heterocycles. The molecule has 1 heterocycles. The predicted octanol–water partition coefficient (Wildman–Crippen LogP) is 2.82. The fraction of sp³-hybridized carbons (Fsp3) is 0.222. The molecular formula is C18H18N2O4S. The molecule has 130 valence electrons. The van der Waals surface area contributed by atoms with Gasteiger partial charge in [-0.1, -0.05) is 24.3 Å². The quantitative estimate of drug-likeness (QED) is 0.833. The molecule has 0 unspecified atom stereocenters. The van der Waals surface area contributed by atoms with Gasteiger partial charge in [0, 0.05) is 18.5 Å².